The summed E-state index contributed by atoms with van der Waals surface area (Å²) in [5, 5.41) is 8.10. The molecule has 0 aromatic heterocycles. The van der Waals surface area contributed by atoms with Gasteiger partial charge in [0, 0.05) is 26.2 Å². The van der Waals surface area contributed by atoms with Gasteiger partial charge in [-0.2, -0.15) is 0 Å². The predicted octanol–water partition coefficient (Wildman–Crippen LogP) is -0.145. The quantitative estimate of drug-likeness (QED) is 0.734. The molecule has 0 aliphatic carbocycles. The lowest BCUT2D eigenvalue weighted by Crippen LogP contribution is -2.40. The Hall–Kier alpha value is -0.950. The monoisotopic (exact) mass is 257 g/mol. The number of sulfonamides is 1. The summed E-state index contributed by atoms with van der Waals surface area (Å²) in [4.78, 5) is 2.48. The Morgan fingerprint density at radius 1 is 1.18 bits per heavy atom. The maximum absolute atomic E-state index is 10.6. The molecule has 1 aromatic rings. The minimum absolute atomic E-state index is 0.148. The second-order valence-electron chi connectivity index (χ2n) is 3.91. The van der Waals surface area contributed by atoms with E-state index in [1.807, 2.05) is 0 Å². The number of nitrogens with two attached hydrogens (primary N) is 1. The van der Waals surface area contributed by atoms with Crippen LogP contribution in [0.5, 0.6) is 0 Å². The van der Waals surface area contributed by atoms with E-state index in [4.69, 9.17) is 5.14 Å². The number of piperazine rings is 1. The zero-order valence-electron chi connectivity index (χ0n) is 9.96. The normalized spacial score (nSPS) is 17.1. The minimum atomic E-state index is -3.50. The first-order valence-electron chi connectivity index (χ1n) is 5.47. The van der Waals surface area contributed by atoms with Crippen molar-refractivity contribution in [3.05, 3.63) is 30.3 Å². The molecular formula is C11H19N3O2S. The first-order chi connectivity index (χ1) is 8.00. The maximum atomic E-state index is 10.6. The summed E-state index contributed by atoms with van der Waals surface area (Å²) in [6.45, 7) is 4.74. The molecule has 1 saturated heterocycles. The summed E-state index contributed by atoms with van der Waals surface area (Å²) in [5.41, 5.74) is 0. The Bertz CT molecular complexity index is 414. The number of nitrogens with zero attached hydrogens (tertiary/aromatic N) is 1. The molecule has 6 heteroatoms. The molecule has 0 radical (unpaired) electrons. The van der Waals surface area contributed by atoms with E-state index in [2.05, 4.69) is 17.3 Å². The fraction of sp³-hybridized carbons (Fsp3) is 0.455. The lowest BCUT2D eigenvalue weighted by atomic mass is 10.4. The van der Waals surface area contributed by atoms with E-state index in [0.717, 1.165) is 13.1 Å². The number of rotatable bonds is 1. The van der Waals surface area contributed by atoms with E-state index in [1.165, 1.54) is 25.2 Å². The minimum Gasteiger partial charge on any atom is -0.314 e. The van der Waals surface area contributed by atoms with Gasteiger partial charge in [-0.25, -0.2) is 13.6 Å². The average Bonchev–Trinajstić information content (AvgIpc) is 2.31. The lowest BCUT2D eigenvalue weighted by molar-refractivity contribution is 0.291. The Morgan fingerprint density at radius 3 is 2.00 bits per heavy atom. The highest BCUT2D eigenvalue weighted by molar-refractivity contribution is 7.89. The van der Waals surface area contributed by atoms with Gasteiger partial charge in [-0.05, 0) is 19.2 Å². The van der Waals surface area contributed by atoms with Crippen LogP contribution in [0.3, 0.4) is 0 Å². The van der Waals surface area contributed by atoms with Crippen LogP contribution in [0.25, 0.3) is 0 Å². The van der Waals surface area contributed by atoms with E-state index in [0.29, 0.717) is 0 Å². The third-order valence-electron chi connectivity index (χ3n) is 2.41. The SMILES string of the molecule is CN1CCNCC1.NS(=O)(=O)c1ccccc1. The van der Waals surface area contributed by atoms with Crippen LogP contribution in [0, 0.1) is 0 Å². The molecule has 0 saturated carbocycles. The van der Waals surface area contributed by atoms with Gasteiger partial charge in [0.15, 0.2) is 0 Å². The second-order valence-corrected chi connectivity index (χ2v) is 5.47. The standard InChI is InChI=1S/C6H7NO2S.C5H12N2/c7-10(8,9)6-4-2-1-3-5-6;1-7-4-2-6-3-5-7/h1-5H,(H2,7,8,9);6H,2-5H2,1H3. The Labute approximate surface area is 103 Å². The molecule has 5 nitrogen and oxygen atoms in total. The van der Waals surface area contributed by atoms with Gasteiger partial charge in [-0.1, -0.05) is 18.2 Å². The van der Waals surface area contributed by atoms with Gasteiger partial charge >= 0.3 is 0 Å². The van der Waals surface area contributed by atoms with Crippen LogP contribution in [-0.2, 0) is 10.0 Å². The van der Waals surface area contributed by atoms with Crippen molar-refractivity contribution in [3.63, 3.8) is 0 Å². The van der Waals surface area contributed by atoms with E-state index >= 15 is 0 Å². The van der Waals surface area contributed by atoms with Crippen molar-refractivity contribution in [1.29, 1.82) is 0 Å². The molecule has 0 bridgehead atoms. The van der Waals surface area contributed by atoms with Gasteiger partial charge < -0.3 is 10.2 Å². The van der Waals surface area contributed by atoms with Crippen LogP contribution in [0.2, 0.25) is 0 Å². The highest BCUT2D eigenvalue weighted by Crippen LogP contribution is 2.02. The summed E-state index contributed by atoms with van der Waals surface area (Å²) in [7, 11) is -1.35. The van der Waals surface area contributed by atoms with Gasteiger partial charge in [-0.3, -0.25) is 0 Å². The fourth-order valence-electron chi connectivity index (χ4n) is 1.39. The smallest absolute Gasteiger partial charge is 0.238 e. The van der Waals surface area contributed by atoms with Crippen molar-refractivity contribution in [2.45, 2.75) is 4.90 Å². The molecule has 0 amide bonds. The molecule has 0 atom stereocenters. The second kappa shape index (κ2) is 6.70. The molecule has 3 N–H and O–H groups in total. The van der Waals surface area contributed by atoms with E-state index in [9.17, 15) is 8.42 Å². The van der Waals surface area contributed by atoms with Crippen molar-refractivity contribution in [2.24, 2.45) is 5.14 Å². The van der Waals surface area contributed by atoms with Crippen molar-refractivity contribution in [2.75, 3.05) is 33.2 Å². The highest BCUT2D eigenvalue weighted by Gasteiger charge is 2.03. The van der Waals surface area contributed by atoms with Crippen LogP contribution in [0.1, 0.15) is 0 Å². The van der Waals surface area contributed by atoms with E-state index in [-0.39, 0.29) is 4.90 Å². The van der Waals surface area contributed by atoms with E-state index in [1.54, 1.807) is 18.2 Å². The number of primary sulfonamides is 1. The number of likely N-dealkylation sites (N-methyl/N-ethyl adjacent to an activating group) is 1. The van der Waals surface area contributed by atoms with Crippen molar-refractivity contribution < 1.29 is 8.42 Å². The Kier molecular flexibility index (Phi) is 5.57. The third-order valence-corrected chi connectivity index (χ3v) is 3.34. The molecular weight excluding hydrogens is 238 g/mol. The molecule has 17 heavy (non-hydrogen) atoms. The molecule has 96 valence electrons. The summed E-state index contributed by atoms with van der Waals surface area (Å²) < 4.78 is 21.2. The molecule has 1 aliphatic heterocycles. The topological polar surface area (TPSA) is 75.4 Å². The zero-order valence-corrected chi connectivity index (χ0v) is 10.8. The molecule has 0 unspecified atom stereocenters. The van der Waals surface area contributed by atoms with Gasteiger partial charge in [0.05, 0.1) is 4.90 Å². The molecule has 1 heterocycles. The average molecular weight is 257 g/mol. The Morgan fingerprint density at radius 2 is 1.71 bits per heavy atom. The molecule has 2 rings (SSSR count). The van der Waals surface area contributed by atoms with Crippen LogP contribution in [0.4, 0.5) is 0 Å². The number of benzene rings is 1. The highest BCUT2D eigenvalue weighted by atomic mass is 32.2. The van der Waals surface area contributed by atoms with Crippen LogP contribution < -0.4 is 10.5 Å². The number of nitrogens with one attached hydrogen (secondary N) is 1. The van der Waals surface area contributed by atoms with E-state index < -0.39 is 10.0 Å². The first kappa shape index (κ1) is 14.1. The maximum Gasteiger partial charge on any atom is 0.238 e. The van der Waals surface area contributed by atoms with Gasteiger partial charge in [0.1, 0.15) is 0 Å². The van der Waals surface area contributed by atoms with Crippen molar-refractivity contribution >= 4 is 10.0 Å². The third kappa shape index (κ3) is 5.78. The fourth-order valence-corrected chi connectivity index (χ4v) is 1.92. The van der Waals surface area contributed by atoms with Gasteiger partial charge in [-0.15, -0.1) is 0 Å². The summed E-state index contributed by atoms with van der Waals surface area (Å²) >= 11 is 0. The van der Waals surface area contributed by atoms with Gasteiger partial charge in [0.2, 0.25) is 10.0 Å². The molecule has 0 spiro atoms. The Balaban J connectivity index is 0.000000181. The molecule has 1 aromatic carbocycles. The lowest BCUT2D eigenvalue weighted by Gasteiger charge is -2.21. The van der Waals surface area contributed by atoms with Crippen LogP contribution in [0.15, 0.2) is 35.2 Å². The summed E-state index contributed by atoms with van der Waals surface area (Å²) in [6.07, 6.45) is 0. The molecule has 1 fully saturated rings. The summed E-state index contributed by atoms with van der Waals surface area (Å²) in [6, 6.07) is 7.89. The predicted molar refractivity (Wildman–Crippen MR) is 68.2 cm³/mol. The molecule has 1 aliphatic rings. The van der Waals surface area contributed by atoms with Gasteiger partial charge in [0.25, 0.3) is 0 Å². The number of hydrogen-bond donors (Lipinski definition) is 2. The van der Waals surface area contributed by atoms with Crippen molar-refractivity contribution in [1.82, 2.24) is 10.2 Å². The van der Waals surface area contributed by atoms with Crippen LogP contribution in [-0.4, -0.2) is 46.5 Å². The summed E-state index contributed by atoms with van der Waals surface area (Å²) in [5.74, 6) is 0. The van der Waals surface area contributed by atoms with Crippen molar-refractivity contribution in [3.8, 4) is 0 Å². The first-order valence-corrected chi connectivity index (χ1v) is 7.02. The van der Waals surface area contributed by atoms with Crippen LogP contribution >= 0.6 is 0 Å². The largest absolute Gasteiger partial charge is 0.314 e. The number of hydrogen-bond acceptors (Lipinski definition) is 4. The zero-order chi connectivity index (χ0) is 12.7.